The second-order valence-corrected chi connectivity index (χ2v) is 5.82. The van der Waals surface area contributed by atoms with Gasteiger partial charge in [0, 0.05) is 14.1 Å². The zero-order valence-electron chi connectivity index (χ0n) is 10.2. The number of ether oxygens (including phenoxy) is 1. The van der Waals surface area contributed by atoms with Crippen LogP contribution in [0.4, 0.5) is 10.8 Å². The molecule has 0 aliphatic heterocycles. The second kappa shape index (κ2) is 5.40. The van der Waals surface area contributed by atoms with E-state index in [9.17, 15) is 0 Å². The smallest absolute Gasteiger partial charge is 0.237 e. The Bertz CT molecular complexity index is 543. The van der Waals surface area contributed by atoms with Crippen molar-refractivity contribution in [2.45, 2.75) is 9.37 Å². The van der Waals surface area contributed by atoms with Crippen molar-refractivity contribution >= 4 is 33.9 Å². The summed E-state index contributed by atoms with van der Waals surface area (Å²) < 4.78 is 5.91. The molecule has 0 spiro atoms. The maximum Gasteiger partial charge on any atom is 0.237 e. The summed E-state index contributed by atoms with van der Waals surface area (Å²) in [6, 6.07) is 3.60. The molecule has 96 valence electrons. The molecule has 2 N–H and O–H groups in total. The molecular formula is C10H13N5OS2. The van der Waals surface area contributed by atoms with Crippen molar-refractivity contribution in [3.8, 4) is 5.88 Å². The van der Waals surface area contributed by atoms with Crippen LogP contribution in [0.1, 0.15) is 0 Å². The number of aromatic nitrogens is 3. The van der Waals surface area contributed by atoms with Crippen molar-refractivity contribution in [3.63, 3.8) is 0 Å². The molecule has 0 amide bonds. The molecule has 0 aliphatic rings. The van der Waals surface area contributed by atoms with Crippen molar-refractivity contribution in [2.24, 2.45) is 0 Å². The third kappa shape index (κ3) is 2.82. The number of hydrogen-bond donors (Lipinski definition) is 1. The van der Waals surface area contributed by atoms with Gasteiger partial charge in [0.05, 0.1) is 12.8 Å². The zero-order chi connectivity index (χ0) is 13.1. The lowest BCUT2D eigenvalue weighted by molar-refractivity contribution is 0.397. The molecule has 0 radical (unpaired) electrons. The number of nitrogen functional groups attached to an aromatic ring is 1. The minimum absolute atomic E-state index is 0.428. The van der Waals surface area contributed by atoms with E-state index in [4.69, 9.17) is 10.5 Å². The van der Waals surface area contributed by atoms with Crippen LogP contribution in [0.15, 0.2) is 21.5 Å². The first-order valence-electron chi connectivity index (χ1n) is 5.09. The van der Waals surface area contributed by atoms with Crippen LogP contribution >= 0.6 is 23.1 Å². The van der Waals surface area contributed by atoms with Crippen molar-refractivity contribution in [1.82, 2.24) is 15.2 Å². The normalized spacial score (nSPS) is 10.4. The predicted octanol–water partition coefficient (Wildman–Crippen LogP) is 1.74. The van der Waals surface area contributed by atoms with Crippen LogP contribution in [-0.2, 0) is 0 Å². The lowest BCUT2D eigenvalue weighted by atomic mass is 10.4. The highest BCUT2D eigenvalue weighted by molar-refractivity contribution is 8.01. The van der Waals surface area contributed by atoms with E-state index in [-0.39, 0.29) is 0 Å². The van der Waals surface area contributed by atoms with Crippen molar-refractivity contribution in [3.05, 3.63) is 12.1 Å². The highest BCUT2D eigenvalue weighted by Gasteiger charge is 2.10. The number of rotatable bonds is 4. The average Bonchev–Trinajstić information content (AvgIpc) is 2.80. The Labute approximate surface area is 113 Å². The van der Waals surface area contributed by atoms with E-state index in [1.54, 1.807) is 13.2 Å². The number of anilines is 2. The van der Waals surface area contributed by atoms with Crippen LogP contribution in [0.25, 0.3) is 0 Å². The minimum Gasteiger partial charge on any atom is -0.480 e. The third-order valence-electron chi connectivity index (χ3n) is 2.03. The Morgan fingerprint density at radius 1 is 1.33 bits per heavy atom. The second-order valence-electron chi connectivity index (χ2n) is 3.60. The van der Waals surface area contributed by atoms with E-state index >= 15 is 0 Å². The molecule has 0 atom stereocenters. The molecule has 0 aromatic carbocycles. The summed E-state index contributed by atoms with van der Waals surface area (Å²) in [5, 5.41) is 9.79. The van der Waals surface area contributed by atoms with E-state index in [0.29, 0.717) is 11.6 Å². The molecule has 2 aromatic rings. The highest BCUT2D eigenvalue weighted by Crippen LogP contribution is 2.33. The fraction of sp³-hybridized carbons (Fsp3) is 0.300. The minimum atomic E-state index is 0.428. The van der Waals surface area contributed by atoms with Crippen molar-refractivity contribution in [1.29, 1.82) is 0 Å². The van der Waals surface area contributed by atoms with Gasteiger partial charge in [0.15, 0.2) is 4.34 Å². The SMILES string of the molecule is COc1nc(Sc2nnc(N(C)C)s2)ccc1N. The van der Waals surface area contributed by atoms with Crippen LogP contribution in [-0.4, -0.2) is 36.4 Å². The number of pyridine rings is 1. The Balaban J connectivity index is 2.17. The topological polar surface area (TPSA) is 77.2 Å². The van der Waals surface area contributed by atoms with Crippen molar-refractivity contribution < 1.29 is 4.74 Å². The summed E-state index contributed by atoms with van der Waals surface area (Å²) in [5.74, 6) is 0.428. The molecule has 8 heteroatoms. The van der Waals surface area contributed by atoms with Gasteiger partial charge in [-0.15, -0.1) is 10.2 Å². The first-order chi connectivity index (χ1) is 8.60. The summed E-state index contributed by atoms with van der Waals surface area (Å²) >= 11 is 2.94. The van der Waals surface area contributed by atoms with Crippen LogP contribution < -0.4 is 15.4 Å². The molecule has 0 bridgehead atoms. The standard InChI is InChI=1S/C10H13N5OS2/c1-15(2)9-13-14-10(18-9)17-7-5-4-6(11)8(12-7)16-3/h4-5H,11H2,1-3H3. The first-order valence-corrected chi connectivity index (χ1v) is 6.72. The summed E-state index contributed by atoms with van der Waals surface area (Å²) in [6.07, 6.45) is 0. The molecule has 2 heterocycles. The maximum absolute atomic E-state index is 5.71. The average molecular weight is 283 g/mol. The van der Waals surface area contributed by atoms with Gasteiger partial charge in [-0.05, 0) is 23.9 Å². The van der Waals surface area contributed by atoms with Crippen LogP contribution in [0.3, 0.4) is 0 Å². The van der Waals surface area contributed by atoms with E-state index in [1.165, 1.54) is 23.1 Å². The number of nitrogens with two attached hydrogens (primary N) is 1. The molecule has 0 saturated carbocycles. The van der Waals surface area contributed by atoms with Gasteiger partial charge >= 0.3 is 0 Å². The van der Waals surface area contributed by atoms with Gasteiger partial charge in [-0.2, -0.15) is 0 Å². The van der Waals surface area contributed by atoms with E-state index in [1.807, 2.05) is 25.1 Å². The highest BCUT2D eigenvalue weighted by atomic mass is 32.2. The summed E-state index contributed by atoms with van der Waals surface area (Å²) in [4.78, 5) is 6.20. The molecule has 0 saturated heterocycles. The molecule has 0 aliphatic carbocycles. The Morgan fingerprint density at radius 2 is 2.11 bits per heavy atom. The summed E-state index contributed by atoms with van der Waals surface area (Å²) in [6.45, 7) is 0. The zero-order valence-corrected chi connectivity index (χ0v) is 11.9. The van der Waals surface area contributed by atoms with Crippen LogP contribution in [0.2, 0.25) is 0 Å². The predicted molar refractivity (Wildman–Crippen MR) is 73.6 cm³/mol. The van der Waals surface area contributed by atoms with Gasteiger partial charge < -0.3 is 15.4 Å². The number of methoxy groups -OCH3 is 1. The van der Waals surface area contributed by atoms with Crippen LogP contribution in [0.5, 0.6) is 5.88 Å². The Hall–Kier alpha value is -1.54. The fourth-order valence-corrected chi connectivity index (χ4v) is 2.84. The fourth-order valence-electron chi connectivity index (χ4n) is 1.17. The molecule has 0 fully saturated rings. The van der Waals surface area contributed by atoms with Gasteiger partial charge in [-0.3, -0.25) is 0 Å². The maximum atomic E-state index is 5.71. The van der Waals surface area contributed by atoms with Crippen molar-refractivity contribution in [2.75, 3.05) is 31.8 Å². The summed E-state index contributed by atoms with van der Waals surface area (Å²) in [7, 11) is 5.40. The van der Waals surface area contributed by atoms with Gasteiger partial charge in [-0.25, -0.2) is 4.98 Å². The first kappa shape index (κ1) is 12.9. The van der Waals surface area contributed by atoms with Gasteiger partial charge in [0.25, 0.3) is 0 Å². The number of hydrogen-bond acceptors (Lipinski definition) is 8. The molecule has 6 nitrogen and oxygen atoms in total. The quantitative estimate of drug-likeness (QED) is 0.915. The molecule has 2 rings (SSSR count). The van der Waals surface area contributed by atoms with Crippen LogP contribution in [0, 0.1) is 0 Å². The molecule has 2 aromatic heterocycles. The Kier molecular flexibility index (Phi) is 3.87. The van der Waals surface area contributed by atoms with Gasteiger partial charge in [-0.1, -0.05) is 11.3 Å². The monoisotopic (exact) mass is 283 g/mol. The largest absolute Gasteiger partial charge is 0.480 e. The molecule has 18 heavy (non-hydrogen) atoms. The summed E-state index contributed by atoms with van der Waals surface area (Å²) in [5.41, 5.74) is 6.23. The third-order valence-corrected chi connectivity index (χ3v) is 4.11. The van der Waals surface area contributed by atoms with E-state index in [0.717, 1.165) is 14.5 Å². The van der Waals surface area contributed by atoms with E-state index in [2.05, 4.69) is 15.2 Å². The molecule has 0 unspecified atom stereocenters. The lowest BCUT2D eigenvalue weighted by Crippen LogP contribution is -2.07. The van der Waals surface area contributed by atoms with E-state index < -0.39 is 0 Å². The Morgan fingerprint density at radius 3 is 2.72 bits per heavy atom. The van der Waals surface area contributed by atoms with Gasteiger partial charge in [0.2, 0.25) is 11.0 Å². The number of nitrogens with zero attached hydrogens (tertiary/aromatic N) is 4. The molecular weight excluding hydrogens is 270 g/mol. The van der Waals surface area contributed by atoms with Gasteiger partial charge in [0.1, 0.15) is 5.03 Å². The lowest BCUT2D eigenvalue weighted by Gasteiger charge is -2.04.